The zero-order valence-electron chi connectivity index (χ0n) is 16.9. The minimum atomic E-state index is -0.0897. The van der Waals surface area contributed by atoms with E-state index in [0.717, 1.165) is 48.6 Å². The van der Waals surface area contributed by atoms with E-state index < -0.39 is 0 Å². The van der Waals surface area contributed by atoms with Gasteiger partial charge in [0.05, 0.1) is 17.6 Å². The van der Waals surface area contributed by atoms with Crippen molar-refractivity contribution in [2.24, 2.45) is 17.8 Å². The molecule has 1 saturated carbocycles. The van der Waals surface area contributed by atoms with Gasteiger partial charge in [0.25, 0.3) is 0 Å². The van der Waals surface area contributed by atoms with Gasteiger partial charge in [0.1, 0.15) is 5.75 Å². The van der Waals surface area contributed by atoms with E-state index in [4.69, 9.17) is 10.00 Å². The van der Waals surface area contributed by atoms with E-state index in [0.29, 0.717) is 11.3 Å². The summed E-state index contributed by atoms with van der Waals surface area (Å²) in [6.45, 7) is 4.57. The van der Waals surface area contributed by atoms with Crippen LogP contribution < -0.4 is 4.74 Å². The summed E-state index contributed by atoms with van der Waals surface area (Å²) in [5.41, 5.74) is 2.72. The van der Waals surface area contributed by atoms with E-state index >= 15 is 0 Å². The van der Waals surface area contributed by atoms with Crippen molar-refractivity contribution in [3.05, 3.63) is 54.1 Å². The van der Waals surface area contributed by atoms with Crippen molar-refractivity contribution in [3.8, 4) is 22.9 Å². The van der Waals surface area contributed by atoms with Crippen LogP contribution in [0.25, 0.3) is 11.1 Å². The van der Waals surface area contributed by atoms with Gasteiger partial charge in [-0.3, -0.25) is 4.79 Å². The molecule has 1 aliphatic rings. The lowest BCUT2D eigenvalue weighted by atomic mass is 9.78. The number of nitriles is 1. The Morgan fingerprint density at radius 2 is 1.61 bits per heavy atom. The minimum absolute atomic E-state index is 0.0337. The van der Waals surface area contributed by atoms with Gasteiger partial charge in [0, 0.05) is 0 Å². The fourth-order valence-electron chi connectivity index (χ4n) is 4.02. The van der Waals surface area contributed by atoms with Crippen LogP contribution in [0.15, 0.2) is 48.5 Å². The summed E-state index contributed by atoms with van der Waals surface area (Å²) in [5.74, 6) is 2.09. The van der Waals surface area contributed by atoms with Crippen LogP contribution in [0.2, 0.25) is 0 Å². The third-order valence-electron chi connectivity index (χ3n) is 6.03. The first-order valence-corrected chi connectivity index (χ1v) is 10.4. The Morgan fingerprint density at radius 1 is 1.04 bits per heavy atom. The number of rotatable bonds is 6. The first-order valence-electron chi connectivity index (χ1n) is 10.4. The van der Waals surface area contributed by atoms with Gasteiger partial charge in [-0.05, 0) is 79.3 Å². The van der Waals surface area contributed by atoms with E-state index in [1.807, 2.05) is 36.4 Å². The molecule has 2 aromatic carbocycles. The molecule has 3 heteroatoms. The third kappa shape index (κ3) is 5.23. The first-order chi connectivity index (χ1) is 13.6. The van der Waals surface area contributed by atoms with Gasteiger partial charge < -0.3 is 4.74 Å². The molecule has 0 radical (unpaired) electrons. The molecule has 1 aliphatic carbocycles. The van der Waals surface area contributed by atoms with Gasteiger partial charge in [0.2, 0.25) is 0 Å². The summed E-state index contributed by atoms with van der Waals surface area (Å²) >= 11 is 0. The van der Waals surface area contributed by atoms with Crippen LogP contribution in [-0.4, -0.2) is 5.97 Å². The van der Waals surface area contributed by atoms with Crippen molar-refractivity contribution >= 4 is 5.97 Å². The lowest BCUT2D eigenvalue weighted by Crippen LogP contribution is -2.26. The van der Waals surface area contributed by atoms with Gasteiger partial charge in [-0.2, -0.15) is 5.26 Å². The Bertz CT molecular complexity index is 809. The van der Waals surface area contributed by atoms with Crippen LogP contribution in [0.3, 0.4) is 0 Å². The average Bonchev–Trinajstić information content (AvgIpc) is 2.74. The van der Waals surface area contributed by atoms with E-state index in [1.54, 1.807) is 12.1 Å². The number of carbonyl (C=O) groups excluding carboxylic acids is 1. The van der Waals surface area contributed by atoms with Crippen molar-refractivity contribution in [2.75, 3.05) is 0 Å². The molecular formula is C25H29NO2. The Balaban J connectivity index is 1.53. The second-order valence-electron chi connectivity index (χ2n) is 8.10. The maximum atomic E-state index is 12.5. The van der Waals surface area contributed by atoms with Gasteiger partial charge >= 0.3 is 5.97 Å². The molecule has 0 aliphatic heterocycles. The zero-order chi connectivity index (χ0) is 19.9. The Kier molecular flexibility index (Phi) is 6.87. The molecule has 0 N–H and O–H groups in total. The summed E-state index contributed by atoms with van der Waals surface area (Å²) < 4.78 is 5.64. The average molecular weight is 376 g/mol. The van der Waals surface area contributed by atoms with Crippen LogP contribution in [0.1, 0.15) is 57.9 Å². The van der Waals surface area contributed by atoms with E-state index in [-0.39, 0.29) is 11.9 Å². The molecule has 1 unspecified atom stereocenters. The maximum absolute atomic E-state index is 12.5. The fourth-order valence-corrected chi connectivity index (χ4v) is 4.02. The van der Waals surface area contributed by atoms with Gasteiger partial charge in [-0.1, -0.05) is 44.5 Å². The molecule has 0 heterocycles. The van der Waals surface area contributed by atoms with Crippen LogP contribution in [0.5, 0.6) is 5.75 Å². The van der Waals surface area contributed by atoms with Gasteiger partial charge in [-0.15, -0.1) is 0 Å². The SMILES string of the molecule is CCC(C)CC1CCC(C(=O)Oc2ccc(-c3ccc(C#N)cc3)cc2)CC1. The molecule has 2 aromatic rings. The van der Waals surface area contributed by atoms with Crippen molar-refractivity contribution in [1.82, 2.24) is 0 Å². The predicted molar refractivity (Wildman–Crippen MR) is 112 cm³/mol. The highest BCUT2D eigenvalue weighted by Gasteiger charge is 2.28. The number of hydrogen-bond donors (Lipinski definition) is 0. The highest BCUT2D eigenvalue weighted by Crippen LogP contribution is 2.34. The molecule has 3 nitrogen and oxygen atoms in total. The normalized spacial score (nSPS) is 20.2. The predicted octanol–water partition coefficient (Wildman–Crippen LogP) is 6.37. The molecule has 1 atom stereocenters. The molecule has 146 valence electrons. The number of nitrogens with zero attached hydrogens (tertiary/aromatic N) is 1. The third-order valence-corrected chi connectivity index (χ3v) is 6.03. The van der Waals surface area contributed by atoms with E-state index in [2.05, 4.69) is 19.9 Å². The number of ether oxygens (including phenoxy) is 1. The molecule has 1 fully saturated rings. The summed E-state index contributed by atoms with van der Waals surface area (Å²) in [6.07, 6.45) is 6.70. The van der Waals surface area contributed by atoms with Crippen LogP contribution >= 0.6 is 0 Å². The van der Waals surface area contributed by atoms with Gasteiger partial charge in [-0.25, -0.2) is 0 Å². The second-order valence-corrected chi connectivity index (χ2v) is 8.10. The molecular weight excluding hydrogens is 346 g/mol. The van der Waals surface area contributed by atoms with Gasteiger partial charge in [0.15, 0.2) is 0 Å². The number of benzene rings is 2. The maximum Gasteiger partial charge on any atom is 0.314 e. The quantitative estimate of drug-likeness (QED) is 0.435. The monoisotopic (exact) mass is 375 g/mol. The summed E-state index contributed by atoms with van der Waals surface area (Å²) in [5, 5.41) is 8.89. The van der Waals surface area contributed by atoms with Crippen LogP contribution in [0, 0.1) is 29.1 Å². The Morgan fingerprint density at radius 3 is 2.14 bits per heavy atom. The van der Waals surface area contributed by atoms with Crippen molar-refractivity contribution in [3.63, 3.8) is 0 Å². The second kappa shape index (κ2) is 9.55. The van der Waals surface area contributed by atoms with Crippen molar-refractivity contribution < 1.29 is 9.53 Å². The van der Waals surface area contributed by atoms with Crippen molar-refractivity contribution in [2.45, 2.75) is 52.4 Å². The molecule has 3 rings (SSSR count). The topological polar surface area (TPSA) is 50.1 Å². The molecule has 0 bridgehead atoms. The van der Waals surface area contributed by atoms with E-state index in [1.165, 1.54) is 12.8 Å². The zero-order valence-corrected chi connectivity index (χ0v) is 16.9. The molecule has 0 spiro atoms. The standard InChI is InChI=1S/C25H29NO2/c1-3-18(2)16-19-4-10-23(11-5-19)25(27)28-24-14-12-22(13-15-24)21-8-6-20(17-26)7-9-21/h6-9,12-15,18-19,23H,3-5,10-11,16H2,1-2H3. The lowest BCUT2D eigenvalue weighted by Gasteiger charge is -2.28. The highest BCUT2D eigenvalue weighted by molar-refractivity contribution is 5.75. The lowest BCUT2D eigenvalue weighted by molar-refractivity contribution is -0.140. The number of esters is 1. The van der Waals surface area contributed by atoms with Crippen LogP contribution in [0.4, 0.5) is 0 Å². The number of hydrogen-bond acceptors (Lipinski definition) is 3. The summed E-state index contributed by atoms with van der Waals surface area (Å²) in [6, 6.07) is 17.2. The highest BCUT2D eigenvalue weighted by atomic mass is 16.5. The molecule has 0 amide bonds. The summed E-state index contributed by atoms with van der Waals surface area (Å²) in [7, 11) is 0. The van der Waals surface area contributed by atoms with Crippen molar-refractivity contribution in [1.29, 1.82) is 5.26 Å². The largest absolute Gasteiger partial charge is 0.426 e. The van der Waals surface area contributed by atoms with Crippen LogP contribution in [-0.2, 0) is 4.79 Å². The summed E-state index contributed by atoms with van der Waals surface area (Å²) in [4.78, 5) is 12.5. The minimum Gasteiger partial charge on any atom is -0.426 e. The Hall–Kier alpha value is -2.60. The van der Waals surface area contributed by atoms with E-state index in [9.17, 15) is 4.79 Å². The molecule has 28 heavy (non-hydrogen) atoms. The smallest absolute Gasteiger partial charge is 0.314 e. The Labute approximate surface area is 168 Å². The molecule has 0 saturated heterocycles. The fraction of sp³-hybridized carbons (Fsp3) is 0.440. The first kappa shape index (κ1) is 20.1. The number of carbonyl (C=O) groups is 1. The molecule has 0 aromatic heterocycles.